The molecular formula is C16H21BN8. The first-order valence-electron chi connectivity index (χ1n) is 8.57. The van der Waals surface area contributed by atoms with Crippen molar-refractivity contribution in [1.82, 2.24) is 29.9 Å². The van der Waals surface area contributed by atoms with E-state index in [1.165, 1.54) is 6.42 Å². The molecule has 25 heavy (non-hydrogen) atoms. The lowest BCUT2D eigenvalue weighted by Gasteiger charge is -2.23. The monoisotopic (exact) mass is 336 g/mol. The van der Waals surface area contributed by atoms with Gasteiger partial charge in [-0.2, -0.15) is 9.61 Å². The van der Waals surface area contributed by atoms with Crippen LogP contribution in [0.15, 0.2) is 24.7 Å². The molecule has 0 amide bonds. The highest BCUT2D eigenvalue weighted by atomic mass is 15.3. The maximum absolute atomic E-state index is 5.54. The number of nitrogens with zero attached hydrogens (tertiary/aromatic N) is 5. The average molecular weight is 336 g/mol. The van der Waals surface area contributed by atoms with E-state index in [0.29, 0.717) is 12.5 Å². The Balaban J connectivity index is 1.64. The minimum Gasteiger partial charge on any atom is -0.368 e. The van der Waals surface area contributed by atoms with Crippen LogP contribution in [-0.4, -0.2) is 45.5 Å². The summed E-state index contributed by atoms with van der Waals surface area (Å²) in [6.07, 6.45) is 7.65. The van der Waals surface area contributed by atoms with Crippen LogP contribution in [0.2, 0.25) is 0 Å². The van der Waals surface area contributed by atoms with Crippen molar-refractivity contribution in [3.8, 4) is 0 Å². The van der Waals surface area contributed by atoms with Gasteiger partial charge in [0, 0.05) is 49.2 Å². The topological polar surface area (TPSA) is 106 Å². The van der Waals surface area contributed by atoms with E-state index in [1.807, 2.05) is 18.6 Å². The van der Waals surface area contributed by atoms with Crippen molar-refractivity contribution in [2.45, 2.75) is 25.3 Å². The third kappa shape index (κ3) is 3.27. The van der Waals surface area contributed by atoms with Gasteiger partial charge in [0.25, 0.3) is 0 Å². The number of fused-ring (bicyclic) bond motifs is 1. The Morgan fingerprint density at radius 3 is 2.92 bits per heavy atom. The molecule has 0 radical (unpaired) electrons. The highest BCUT2D eigenvalue weighted by Gasteiger charge is 2.19. The molecule has 4 N–H and O–H groups in total. The summed E-state index contributed by atoms with van der Waals surface area (Å²) in [6, 6.07) is 2.11. The summed E-state index contributed by atoms with van der Waals surface area (Å²) in [5.41, 5.74) is 9.59. The maximum Gasteiger partial charge on any atom is 0.219 e. The zero-order valence-corrected chi connectivity index (χ0v) is 14.2. The van der Waals surface area contributed by atoms with Crippen LogP contribution in [0.4, 0.5) is 11.8 Å². The first-order chi connectivity index (χ1) is 12.2. The smallest absolute Gasteiger partial charge is 0.219 e. The molecule has 1 fully saturated rings. The number of anilines is 2. The second kappa shape index (κ2) is 6.68. The number of nitrogens with two attached hydrogens (primary N) is 1. The Hall–Kier alpha value is -2.68. The summed E-state index contributed by atoms with van der Waals surface area (Å²) in [5, 5.41) is 11.4. The average Bonchev–Trinajstić information content (AvgIpc) is 3.03. The van der Waals surface area contributed by atoms with Crippen LogP contribution in [0.25, 0.3) is 5.65 Å². The lowest BCUT2D eigenvalue weighted by Crippen LogP contribution is -2.29. The number of nitrogen functional groups attached to an aromatic ring is 1. The quantitative estimate of drug-likeness (QED) is 0.548. The Kier molecular flexibility index (Phi) is 4.23. The number of piperidine rings is 1. The van der Waals surface area contributed by atoms with E-state index in [9.17, 15) is 0 Å². The van der Waals surface area contributed by atoms with Gasteiger partial charge in [0.1, 0.15) is 13.7 Å². The fraction of sp³-hybridized carbons (Fsp3) is 0.375. The van der Waals surface area contributed by atoms with Crippen LogP contribution in [0.5, 0.6) is 0 Å². The summed E-state index contributed by atoms with van der Waals surface area (Å²) in [5.74, 6) is 1.65. The molecule has 9 heteroatoms. The van der Waals surface area contributed by atoms with Crippen molar-refractivity contribution < 1.29 is 0 Å². The van der Waals surface area contributed by atoms with Crippen molar-refractivity contribution in [3.05, 3.63) is 35.9 Å². The highest BCUT2D eigenvalue weighted by Crippen LogP contribution is 2.24. The minimum absolute atomic E-state index is 0.282. The van der Waals surface area contributed by atoms with Gasteiger partial charge < -0.3 is 16.4 Å². The van der Waals surface area contributed by atoms with Crippen LogP contribution in [-0.2, 0) is 6.54 Å². The van der Waals surface area contributed by atoms with E-state index in [0.717, 1.165) is 47.7 Å². The third-order valence-corrected chi connectivity index (χ3v) is 4.58. The van der Waals surface area contributed by atoms with Crippen LogP contribution in [0.1, 0.15) is 30.0 Å². The van der Waals surface area contributed by atoms with Gasteiger partial charge in [-0.25, -0.2) is 15.0 Å². The number of hydrogen-bond acceptors (Lipinski definition) is 7. The fourth-order valence-corrected chi connectivity index (χ4v) is 3.18. The summed E-state index contributed by atoms with van der Waals surface area (Å²) in [4.78, 5) is 12.9. The second-order valence-electron chi connectivity index (χ2n) is 6.48. The molecule has 1 saturated heterocycles. The molecule has 0 aromatic carbocycles. The Labute approximate surface area is 146 Å². The SMILES string of the molecule is Bc1cnn2c(NCc3cnc(N)nc3)cc(C3CCCNC3)nc12. The molecule has 1 atom stereocenters. The zero-order valence-electron chi connectivity index (χ0n) is 14.2. The highest BCUT2D eigenvalue weighted by molar-refractivity contribution is 6.36. The second-order valence-corrected chi connectivity index (χ2v) is 6.48. The lowest BCUT2D eigenvalue weighted by atomic mass is 9.95. The molecule has 1 aliphatic rings. The molecule has 0 aliphatic carbocycles. The number of hydrogen-bond donors (Lipinski definition) is 3. The molecule has 0 bridgehead atoms. The van der Waals surface area contributed by atoms with Gasteiger partial charge in [0.15, 0.2) is 5.65 Å². The van der Waals surface area contributed by atoms with Gasteiger partial charge in [-0.05, 0) is 24.8 Å². The summed E-state index contributed by atoms with van der Waals surface area (Å²) in [6.45, 7) is 2.66. The normalized spacial score (nSPS) is 17.7. The molecule has 4 heterocycles. The molecule has 3 aromatic rings. The Bertz CT molecular complexity index is 870. The van der Waals surface area contributed by atoms with Crippen molar-refractivity contribution in [2.75, 3.05) is 24.1 Å². The third-order valence-electron chi connectivity index (χ3n) is 4.58. The lowest BCUT2D eigenvalue weighted by molar-refractivity contribution is 0.455. The standard InChI is InChI=1S/C16H21BN8/c17-12-9-23-25-14(20-5-10-6-21-16(18)22-7-10)4-13(24-15(12)25)11-2-1-3-19-8-11/h4,6-7,9,11,19-20H,1-3,5,8,17H2,(H2,18,21,22). The van der Waals surface area contributed by atoms with Gasteiger partial charge in [0.05, 0.1) is 5.69 Å². The summed E-state index contributed by atoms with van der Waals surface area (Å²) in [7, 11) is 2.04. The molecule has 4 rings (SSSR count). The predicted molar refractivity (Wildman–Crippen MR) is 99.8 cm³/mol. The first kappa shape index (κ1) is 15.8. The number of rotatable bonds is 4. The van der Waals surface area contributed by atoms with Crippen molar-refractivity contribution >= 4 is 30.7 Å². The van der Waals surface area contributed by atoms with E-state index in [-0.39, 0.29) is 5.95 Å². The molecule has 1 unspecified atom stereocenters. The van der Waals surface area contributed by atoms with E-state index in [4.69, 9.17) is 10.7 Å². The minimum atomic E-state index is 0.282. The van der Waals surface area contributed by atoms with E-state index in [2.05, 4.69) is 31.8 Å². The predicted octanol–water partition coefficient (Wildman–Crippen LogP) is -0.561. The summed E-state index contributed by atoms with van der Waals surface area (Å²) < 4.78 is 1.85. The molecule has 8 nitrogen and oxygen atoms in total. The van der Waals surface area contributed by atoms with Crippen molar-refractivity contribution in [1.29, 1.82) is 0 Å². The zero-order chi connectivity index (χ0) is 17.2. The molecule has 128 valence electrons. The van der Waals surface area contributed by atoms with Crippen LogP contribution >= 0.6 is 0 Å². The summed E-state index contributed by atoms with van der Waals surface area (Å²) >= 11 is 0. The Morgan fingerprint density at radius 2 is 2.16 bits per heavy atom. The Morgan fingerprint density at radius 1 is 1.32 bits per heavy atom. The van der Waals surface area contributed by atoms with Crippen LogP contribution in [0.3, 0.4) is 0 Å². The van der Waals surface area contributed by atoms with E-state index < -0.39 is 0 Å². The van der Waals surface area contributed by atoms with Gasteiger partial charge in [-0.1, -0.05) is 0 Å². The largest absolute Gasteiger partial charge is 0.368 e. The molecule has 0 spiro atoms. The van der Waals surface area contributed by atoms with Gasteiger partial charge in [0.2, 0.25) is 5.95 Å². The number of aromatic nitrogens is 5. The molecule has 3 aromatic heterocycles. The first-order valence-corrected chi connectivity index (χ1v) is 8.57. The van der Waals surface area contributed by atoms with Gasteiger partial charge >= 0.3 is 0 Å². The van der Waals surface area contributed by atoms with Crippen LogP contribution < -0.4 is 21.8 Å². The van der Waals surface area contributed by atoms with Crippen molar-refractivity contribution in [2.24, 2.45) is 0 Å². The molecular weight excluding hydrogens is 315 g/mol. The van der Waals surface area contributed by atoms with Gasteiger partial charge in [-0.15, -0.1) is 0 Å². The van der Waals surface area contributed by atoms with Gasteiger partial charge in [-0.3, -0.25) is 0 Å². The fourth-order valence-electron chi connectivity index (χ4n) is 3.18. The van der Waals surface area contributed by atoms with Crippen molar-refractivity contribution in [3.63, 3.8) is 0 Å². The van der Waals surface area contributed by atoms with Crippen LogP contribution in [0, 0.1) is 0 Å². The number of nitrogens with one attached hydrogen (secondary N) is 2. The molecule has 1 aliphatic heterocycles. The van der Waals surface area contributed by atoms with E-state index >= 15 is 0 Å². The molecule has 0 saturated carbocycles. The van der Waals surface area contributed by atoms with E-state index in [1.54, 1.807) is 12.4 Å². The maximum atomic E-state index is 5.54.